The number of carbonyl (C=O) groups is 1. The normalized spacial score (nSPS) is 10.9. The molecule has 0 unspecified atom stereocenters. The molecule has 27 heavy (non-hydrogen) atoms. The number of amides is 1. The van der Waals surface area contributed by atoms with Gasteiger partial charge in [-0.3, -0.25) is 4.79 Å². The van der Waals surface area contributed by atoms with Crippen molar-refractivity contribution >= 4 is 11.7 Å². The first-order valence-electron chi connectivity index (χ1n) is 8.52. The summed E-state index contributed by atoms with van der Waals surface area (Å²) in [6, 6.07) is 8.65. The molecule has 2 aromatic heterocycles. The van der Waals surface area contributed by atoms with Gasteiger partial charge in [0.1, 0.15) is 11.5 Å². The fraction of sp³-hybridized carbons (Fsp3) is 0.263. The van der Waals surface area contributed by atoms with Crippen molar-refractivity contribution in [3.05, 3.63) is 59.4 Å². The lowest BCUT2D eigenvalue weighted by Gasteiger charge is -2.07. The smallest absolute Gasteiger partial charge is 0.251 e. The van der Waals surface area contributed by atoms with Gasteiger partial charge in [-0.25, -0.2) is 14.4 Å². The molecule has 2 N–H and O–H groups in total. The fourth-order valence-electron chi connectivity index (χ4n) is 2.44. The van der Waals surface area contributed by atoms with E-state index in [2.05, 4.69) is 25.8 Å². The number of rotatable bonds is 6. The molecule has 0 aliphatic carbocycles. The molecular formula is C19H20FN5O2. The molecule has 2 heterocycles. The predicted molar refractivity (Wildman–Crippen MR) is 98.7 cm³/mol. The molecule has 8 heteroatoms. The zero-order valence-corrected chi connectivity index (χ0v) is 15.3. The first-order chi connectivity index (χ1) is 13.0. The van der Waals surface area contributed by atoms with Gasteiger partial charge in [0.15, 0.2) is 17.5 Å². The Bertz CT molecular complexity index is 955. The maximum Gasteiger partial charge on any atom is 0.251 e. The quantitative estimate of drug-likeness (QED) is 0.692. The summed E-state index contributed by atoms with van der Waals surface area (Å²) in [6.45, 7) is 4.27. The third-order valence-electron chi connectivity index (χ3n) is 3.94. The topological polar surface area (TPSA) is 92.9 Å². The molecule has 1 amide bonds. The van der Waals surface area contributed by atoms with Crippen LogP contribution in [0.25, 0.3) is 11.4 Å². The summed E-state index contributed by atoms with van der Waals surface area (Å²) in [5, 5.41) is 9.42. The number of carbonyl (C=O) groups excluding carboxylic acids is 1. The third kappa shape index (κ3) is 4.28. The van der Waals surface area contributed by atoms with Crippen LogP contribution in [0.3, 0.4) is 0 Å². The summed E-state index contributed by atoms with van der Waals surface area (Å²) in [5.41, 5.74) is 1.71. The van der Waals surface area contributed by atoms with Crippen molar-refractivity contribution in [2.45, 2.75) is 26.3 Å². The molecular weight excluding hydrogens is 349 g/mol. The molecule has 1 aromatic carbocycles. The zero-order valence-electron chi connectivity index (χ0n) is 15.3. The van der Waals surface area contributed by atoms with Gasteiger partial charge < -0.3 is 15.2 Å². The molecule has 0 aliphatic rings. The fourth-order valence-corrected chi connectivity index (χ4v) is 2.44. The molecule has 0 fully saturated rings. The Morgan fingerprint density at radius 2 is 2.11 bits per heavy atom. The van der Waals surface area contributed by atoms with Crippen molar-refractivity contribution in [3.63, 3.8) is 0 Å². The summed E-state index contributed by atoms with van der Waals surface area (Å²) in [5.74, 6) is 0.632. The van der Waals surface area contributed by atoms with Crippen LogP contribution in [0.15, 0.2) is 41.1 Å². The molecule has 0 atom stereocenters. The number of benzene rings is 1. The third-order valence-corrected chi connectivity index (χ3v) is 3.94. The van der Waals surface area contributed by atoms with Crippen molar-refractivity contribution in [1.29, 1.82) is 0 Å². The summed E-state index contributed by atoms with van der Waals surface area (Å²) in [6.07, 6.45) is 1.10. The van der Waals surface area contributed by atoms with Gasteiger partial charge in [-0.05, 0) is 12.1 Å². The standard InChI is InChI=1S/C19H20FN5O2/c1-11(2)16-8-14(25-27-16)9-23-19(26)13-6-4-5-12(7-13)17-22-10-15(20)18(21-3)24-17/h4-8,10-11H,9H2,1-3H3,(H,23,26)(H,21,22,24). The Labute approximate surface area is 156 Å². The number of nitrogens with one attached hydrogen (secondary N) is 2. The first-order valence-corrected chi connectivity index (χ1v) is 8.52. The lowest BCUT2D eigenvalue weighted by molar-refractivity contribution is 0.0950. The monoisotopic (exact) mass is 369 g/mol. The van der Waals surface area contributed by atoms with E-state index in [-0.39, 0.29) is 24.2 Å². The van der Waals surface area contributed by atoms with Gasteiger partial charge in [0, 0.05) is 30.2 Å². The Hall–Kier alpha value is -3.29. The summed E-state index contributed by atoms with van der Waals surface area (Å²) >= 11 is 0. The minimum Gasteiger partial charge on any atom is -0.371 e. The molecule has 0 aliphatic heterocycles. The number of hydrogen-bond acceptors (Lipinski definition) is 6. The number of halogens is 1. The second-order valence-electron chi connectivity index (χ2n) is 6.28. The van der Waals surface area contributed by atoms with Crippen molar-refractivity contribution < 1.29 is 13.7 Å². The van der Waals surface area contributed by atoms with Gasteiger partial charge in [-0.1, -0.05) is 31.1 Å². The van der Waals surface area contributed by atoms with Crippen LogP contribution in [0.4, 0.5) is 10.2 Å². The van der Waals surface area contributed by atoms with Gasteiger partial charge in [0.2, 0.25) is 0 Å². The van der Waals surface area contributed by atoms with Gasteiger partial charge in [0.05, 0.1) is 12.7 Å². The van der Waals surface area contributed by atoms with E-state index < -0.39 is 5.82 Å². The van der Waals surface area contributed by atoms with E-state index in [0.29, 0.717) is 22.6 Å². The van der Waals surface area contributed by atoms with E-state index in [0.717, 1.165) is 12.0 Å². The molecule has 0 saturated heterocycles. The highest BCUT2D eigenvalue weighted by molar-refractivity contribution is 5.95. The maximum atomic E-state index is 13.5. The number of anilines is 1. The summed E-state index contributed by atoms with van der Waals surface area (Å²) in [4.78, 5) is 20.5. The van der Waals surface area contributed by atoms with Gasteiger partial charge in [-0.15, -0.1) is 0 Å². The Morgan fingerprint density at radius 3 is 2.81 bits per heavy atom. The van der Waals surface area contributed by atoms with E-state index in [1.807, 2.05) is 19.9 Å². The van der Waals surface area contributed by atoms with Crippen molar-refractivity contribution in [3.8, 4) is 11.4 Å². The predicted octanol–water partition coefficient (Wildman–Crippen LogP) is 3.37. The van der Waals surface area contributed by atoms with Crippen LogP contribution in [0.1, 0.15) is 41.6 Å². The van der Waals surface area contributed by atoms with Crippen molar-refractivity contribution in [2.75, 3.05) is 12.4 Å². The van der Waals surface area contributed by atoms with E-state index in [1.54, 1.807) is 31.3 Å². The highest BCUT2D eigenvalue weighted by Gasteiger charge is 2.12. The molecule has 0 saturated carbocycles. The second kappa shape index (κ2) is 7.94. The van der Waals surface area contributed by atoms with Crippen LogP contribution in [0.5, 0.6) is 0 Å². The van der Waals surface area contributed by atoms with Gasteiger partial charge >= 0.3 is 0 Å². The summed E-state index contributed by atoms with van der Waals surface area (Å²) < 4.78 is 18.8. The molecule has 0 radical (unpaired) electrons. The van der Waals surface area contributed by atoms with Crippen molar-refractivity contribution in [2.24, 2.45) is 0 Å². The minimum absolute atomic E-state index is 0.0989. The highest BCUT2D eigenvalue weighted by atomic mass is 19.1. The van der Waals surface area contributed by atoms with Crippen LogP contribution < -0.4 is 10.6 Å². The first kappa shape index (κ1) is 18.5. The lowest BCUT2D eigenvalue weighted by Crippen LogP contribution is -2.22. The second-order valence-corrected chi connectivity index (χ2v) is 6.28. The molecule has 0 bridgehead atoms. The summed E-state index contributed by atoms with van der Waals surface area (Å²) in [7, 11) is 1.58. The lowest BCUT2D eigenvalue weighted by atomic mass is 10.1. The number of nitrogens with zero attached hydrogens (tertiary/aromatic N) is 3. The average molecular weight is 369 g/mol. The molecule has 140 valence electrons. The minimum atomic E-state index is -0.538. The molecule has 3 aromatic rings. The zero-order chi connectivity index (χ0) is 19.4. The highest BCUT2D eigenvalue weighted by Crippen LogP contribution is 2.20. The van der Waals surface area contributed by atoms with Crippen LogP contribution in [-0.2, 0) is 6.54 Å². The van der Waals surface area contributed by atoms with Crippen LogP contribution in [-0.4, -0.2) is 28.1 Å². The molecule has 7 nitrogen and oxygen atoms in total. The Balaban J connectivity index is 1.73. The van der Waals surface area contributed by atoms with E-state index in [9.17, 15) is 9.18 Å². The van der Waals surface area contributed by atoms with Crippen LogP contribution >= 0.6 is 0 Å². The van der Waals surface area contributed by atoms with E-state index in [1.165, 1.54) is 0 Å². The van der Waals surface area contributed by atoms with E-state index in [4.69, 9.17) is 4.52 Å². The number of hydrogen-bond donors (Lipinski definition) is 2. The Kier molecular flexibility index (Phi) is 5.44. The van der Waals surface area contributed by atoms with Crippen LogP contribution in [0.2, 0.25) is 0 Å². The van der Waals surface area contributed by atoms with Crippen molar-refractivity contribution in [1.82, 2.24) is 20.4 Å². The SMILES string of the molecule is CNc1nc(-c2cccc(C(=O)NCc3cc(C(C)C)on3)c2)ncc1F. The van der Waals surface area contributed by atoms with E-state index >= 15 is 0 Å². The van der Waals surface area contributed by atoms with Gasteiger partial charge in [-0.2, -0.15) is 0 Å². The molecule has 3 rings (SSSR count). The average Bonchev–Trinajstić information content (AvgIpc) is 3.16. The maximum absolute atomic E-state index is 13.5. The van der Waals surface area contributed by atoms with Gasteiger partial charge in [0.25, 0.3) is 5.91 Å². The molecule has 0 spiro atoms. The number of aromatic nitrogens is 3. The van der Waals surface area contributed by atoms with Crippen LogP contribution in [0, 0.1) is 5.82 Å². The Morgan fingerprint density at radius 1 is 1.30 bits per heavy atom. The largest absolute Gasteiger partial charge is 0.371 e.